The van der Waals surface area contributed by atoms with E-state index in [4.69, 9.17) is 9.29 Å². The number of nitrogens with one attached hydrogen (secondary N) is 1. The molecule has 0 bridgehead atoms. The standard InChI is InChI=1S/C18H15N3O3S/c1-24-14-3-4-15-16(11-14)19-8-6-18(15)21-9-7-12-10-13(20-25(22)23)2-5-17(12)21/h2-11,20H,1H3,(H,22,23). The maximum Gasteiger partial charge on any atom is 0.259 e. The van der Waals surface area contributed by atoms with Crippen LogP contribution in [0.4, 0.5) is 5.69 Å². The minimum Gasteiger partial charge on any atom is -0.497 e. The Labute approximate surface area is 146 Å². The highest BCUT2D eigenvalue weighted by Gasteiger charge is 2.09. The Morgan fingerprint density at radius 1 is 1.16 bits per heavy atom. The van der Waals surface area contributed by atoms with Crippen LogP contribution in [-0.4, -0.2) is 25.4 Å². The van der Waals surface area contributed by atoms with Gasteiger partial charge in [0.2, 0.25) is 0 Å². The van der Waals surface area contributed by atoms with Crippen LogP contribution in [0.15, 0.2) is 60.9 Å². The monoisotopic (exact) mass is 353 g/mol. The average molecular weight is 353 g/mol. The lowest BCUT2D eigenvalue weighted by molar-refractivity contribution is 0.415. The Kier molecular flexibility index (Phi) is 3.87. The molecule has 0 aliphatic rings. The first-order valence-corrected chi connectivity index (χ1v) is 8.68. The molecule has 0 spiro atoms. The summed E-state index contributed by atoms with van der Waals surface area (Å²) < 4.78 is 29.7. The zero-order chi connectivity index (χ0) is 17.4. The van der Waals surface area contributed by atoms with Gasteiger partial charge in [-0.05, 0) is 42.5 Å². The highest BCUT2D eigenvalue weighted by molar-refractivity contribution is 7.80. The minimum absolute atomic E-state index is 0.593. The van der Waals surface area contributed by atoms with E-state index in [1.165, 1.54) is 0 Å². The van der Waals surface area contributed by atoms with Crippen LogP contribution in [0, 0.1) is 0 Å². The van der Waals surface area contributed by atoms with Crippen molar-refractivity contribution in [1.82, 2.24) is 9.55 Å². The predicted octanol–water partition coefficient (Wildman–Crippen LogP) is 3.74. The zero-order valence-corrected chi connectivity index (χ0v) is 14.2. The molecule has 0 aliphatic carbocycles. The summed E-state index contributed by atoms with van der Waals surface area (Å²) in [6.07, 6.45) is 3.75. The van der Waals surface area contributed by atoms with E-state index >= 15 is 0 Å². The maximum absolute atomic E-state index is 10.9. The molecule has 4 rings (SSSR count). The fraction of sp³-hybridized carbons (Fsp3) is 0.0556. The molecule has 1 unspecified atom stereocenters. The lowest BCUT2D eigenvalue weighted by Crippen LogP contribution is -2.01. The van der Waals surface area contributed by atoms with Crippen LogP contribution >= 0.6 is 0 Å². The van der Waals surface area contributed by atoms with E-state index in [0.29, 0.717) is 5.69 Å². The van der Waals surface area contributed by atoms with Gasteiger partial charge in [0.25, 0.3) is 11.3 Å². The molecule has 0 fully saturated rings. The third-order valence-electron chi connectivity index (χ3n) is 4.08. The van der Waals surface area contributed by atoms with Gasteiger partial charge >= 0.3 is 0 Å². The van der Waals surface area contributed by atoms with Crippen LogP contribution in [-0.2, 0) is 11.3 Å². The van der Waals surface area contributed by atoms with Crippen LogP contribution in [0.5, 0.6) is 5.75 Å². The fourth-order valence-electron chi connectivity index (χ4n) is 2.97. The van der Waals surface area contributed by atoms with Gasteiger partial charge in [-0.3, -0.25) is 14.3 Å². The molecule has 2 aromatic carbocycles. The average Bonchev–Trinajstić information content (AvgIpc) is 3.03. The summed E-state index contributed by atoms with van der Waals surface area (Å²) >= 11 is -2.09. The van der Waals surface area contributed by atoms with Crippen molar-refractivity contribution in [2.75, 3.05) is 11.8 Å². The van der Waals surface area contributed by atoms with Crippen LogP contribution in [0.3, 0.4) is 0 Å². The lowest BCUT2D eigenvalue weighted by atomic mass is 10.1. The van der Waals surface area contributed by atoms with Crippen LogP contribution in [0.2, 0.25) is 0 Å². The second-order valence-electron chi connectivity index (χ2n) is 5.52. The molecular weight excluding hydrogens is 338 g/mol. The summed E-state index contributed by atoms with van der Waals surface area (Å²) in [4.78, 5) is 4.42. The molecular formula is C18H15N3O3S. The molecule has 126 valence electrons. The van der Waals surface area contributed by atoms with Gasteiger partial charge in [-0.25, -0.2) is 4.21 Å². The fourth-order valence-corrected chi connectivity index (χ4v) is 3.30. The molecule has 0 radical (unpaired) electrons. The molecule has 7 heteroatoms. The largest absolute Gasteiger partial charge is 0.497 e. The maximum atomic E-state index is 10.9. The van der Waals surface area contributed by atoms with Crippen molar-refractivity contribution in [2.24, 2.45) is 0 Å². The first-order valence-electron chi connectivity index (χ1n) is 7.57. The van der Waals surface area contributed by atoms with Crippen LogP contribution in [0.25, 0.3) is 27.5 Å². The van der Waals surface area contributed by atoms with E-state index in [9.17, 15) is 4.21 Å². The van der Waals surface area contributed by atoms with Gasteiger partial charge in [0.05, 0.1) is 23.8 Å². The van der Waals surface area contributed by atoms with E-state index < -0.39 is 11.3 Å². The number of hydrogen-bond donors (Lipinski definition) is 2. The first kappa shape index (κ1) is 15.6. The molecule has 0 saturated heterocycles. The second-order valence-corrected chi connectivity index (χ2v) is 6.23. The number of rotatable bonds is 4. The Morgan fingerprint density at radius 3 is 2.84 bits per heavy atom. The normalized spacial score (nSPS) is 12.4. The predicted molar refractivity (Wildman–Crippen MR) is 99.5 cm³/mol. The summed E-state index contributed by atoms with van der Waals surface area (Å²) in [6.45, 7) is 0. The Bertz CT molecular complexity index is 1110. The van der Waals surface area contributed by atoms with Gasteiger partial charge in [0.15, 0.2) is 0 Å². The number of nitrogens with zero attached hydrogens (tertiary/aromatic N) is 2. The van der Waals surface area contributed by atoms with Gasteiger partial charge in [-0.2, -0.15) is 0 Å². The van der Waals surface area contributed by atoms with Gasteiger partial charge in [-0.1, -0.05) is 0 Å². The summed E-state index contributed by atoms with van der Waals surface area (Å²) in [5.41, 5.74) is 3.45. The number of hydrogen-bond acceptors (Lipinski definition) is 3. The number of fused-ring (bicyclic) bond motifs is 2. The minimum atomic E-state index is -2.09. The van der Waals surface area contributed by atoms with Crippen molar-refractivity contribution in [3.05, 3.63) is 60.9 Å². The van der Waals surface area contributed by atoms with Crippen molar-refractivity contribution in [3.63, 3.8) is 0 Å². The zero-order valence-electron chi connectivity index (χ0n) is 13.3. The van der Waals surface area contributed by atoms with Gasteiger partial charge in [0, 0.05) is 34.9 Å². The molecule has 2 heterocycles. The van der Waals surface area contributed by atoms with E-state index in [-0.39, 0.29) is 0 Å². The second kappa shape index (κ2) is 6.19. The molecule has 0 aliphatic heterocycles. The van der Waals surface area contributed by atoms with Crippen molar-refractivity contribution in [3.8, 4) is 11.4 Å². The SMILES string of the molecule is COc1ccc2c(-n3ccc4cc(NS(=O)O)ccc43)ccnc2c1. The highest BCUT2D eigenvalue weighted by atomic mass is 32.2. The highest BCUT2D eigenvalue weighted by Crippen LogP contribution is 2.29. The Hall–Kier alpha value is -2.90. The topological polar surface area (TPSA) is 76.4 Å². The summed E-state index contributed by atoms with van der Waals surface area (Å²) in [7, 11) is 1.63. The number of methoxy groups -OCH3 is 1. The molecule has 25 heavy (non-hydrogen) atoms. The van der Waals surface area contributed by atoms with Crippen molar-refractivity contribution < 1.29 is 13.5 Å². The van der Waals surface area contributed by atoms with Gasteiger partial charge in [0.1, 0.15) is 5.75 Å². The first-order chi connectivity index (χ1) is 12.2. The molecule has 6 nitrogen and oxygen atoms in total. The molecule has 0 saturated carbocycles. The van der Waals surface area contributed by atoms with Crippen LogP contribution in [0.1, 0.15) is 0 Å². The van der Waals surface area contributed by atoms with Gasteiger partial charge in [-0.15, -0.1) is 0 Å². The third-order valence-corrected chi connectivity index (χ3v) is 4.49. The summed E-state index contributed by atoms with van der Waals surface area (Å²) in [5, 5.41) is 1.98. The Morgan fingerprint density at radius 2 is 2.04 bits per heavy atom. The number of aromatic nitrogens is 2. The van der Waals surface area contributed by atoms with Crippen molar-refractivity contribution >= 4 is 38.8 Å². The number of benzene rings is 2. The number of ether oxygens (including phenoxy) is 1. The summed E-state index contributed by atoms with van der Waals surface area (Å²) in [6, 6.07) is 15.3. The van der Waals surface area contributed by atoms with Crippen molar-refractivity contribution in [1.29, 1.82) is 0 Å². The van der Waals surface area contributed by atoms with E-state index in [1.807, 2.05) is 48.7 Å². The van der Waals surface area contributed by atoms with Crippen molar-refractivity contribution in [2.45, 2.75) is 0 Å². The molecule has 0 amide bonds. The molecule has 4 aromatic rings. The lowest BCUT2D eigenvalue weighted by Gasteiger charge is -2.10. The quantitative estimate of drug-likeness (QED) is 0.548. The molecule has 2 aromatic heterocycles. The van der Waals surface area contributed by atoms with E-state index in [2.05, 4.69) is 14.3 Å². The molecule has 2 N–H and O–H groups in total. The van der Waals surface area contributed by atoms with Gasteiger partial charge < -0.3 is 9.30 Å². The molecule has 1 atom stereocenters. The smallest absolute Gasteiger partial charge is 0.259 e. The summed E-state index contributed by atoms with van der Waals surface area (Å²) in [5.74, 6) is 0.766. The van der Waals surface area contributed by atoms with E-state index in [1.54, 1.807) is 19.4 Å². The van der Waals surface area contributed by atoms with E-state index in [0.717, 1.165) is 33.2 Å². The third kappa shape index (κ3) is 2.84. The Balaban J connectivity index is 1.87. The van der Waals surface area contributed by atoms with Crippen LogP contribution < -0.4 is 9.46 Å². The number of anilines is 1. The number of pyridine rings is 1.